The smallest absolute Gasteiger partial charge is 0.240 e. The van der Waals surface area contributed by atoms with Gasteiger partial charge >= 0.3 is 0 Å². The zero-order chi connectivity index (χ0) is 14.5. The van der Waals surface area contributed by atoms with E-state index in [4.69, 9.17) is 0 Å². The maximum atomic E-state index is 13.0. The lowest BCUT2D eigenvalue weighted by Crippen LogP contribution is -2.49. The molecule has 1 aliphatic rings. The lowest BCUT2D eigenvalue weighted by molar-refractivity contribution is -0.136. The molecule has 1 aromatic carbocycles. The van der Waals surface area contributed by atoms with E-state index >= 15 is 0 Å². The first-order valence-electron chi connectivity index (χ1n) is 7.42. The maximum Gasteiger partial charge on any atom is 0.240 e. The highest BCUT2D eigenvalue weighted by atomic mass is 19.1. The molecule has 1 heterocycles. The minimum atomic E-state index is -0.246. The van der Waals surface area contributed by atoms with Gasteiger partial charge in [0.15, 0.2) is 0 Å². The summed E-state index contributed by atoms with van der Waals surface area (Å²) >= 11 is 0. The zero-order valence-electron chi connectivity index (χ0n) is 12.2. The van der Waals surface area contributed by atoms with Crippen molar-refractivity contribution in [1.29, 1.82) is 0 Å². The summed E-state index contributed by atoms with van der Waals surface area (Å²) in [5.41, 5.74) is 0.970. The summed E-state index contributed by atoms with van der Waals surface area (Å²) in [6.07, 6.45) is 3.15. The fourth-order valence-corrected chi connectivity index (χ4v) is 2.80. The van der Waals surface area contributed by atoms with E-state index in [1.807, 2.05) is 18.7 Å². The van der Waals surface area contributed by atoms with Crippen LogP contribution in [0.25, 0.3) is 0 Å². The minimum absolute atomic E-state index is 0.0307. The fraction of sp³-hybridized carbons (Fsp3) is 0.562. The Labute approximate surface area is 120 Å². The van der Waals surface area contributed by atoms with Crippen LogP contribution in [0.15, 0.2) is 24.3 Å². The molecule has 1 saturated heterocycles. The Kier molecular flexibility index (Phi) is 5.12. The van der Waals surface area contributed by atoms with Crippen molar-refractivity contribution in [3.05, 3.63) is 35.6 Å². The summed E-state index contributed by atoms with van der Waals surface area (Å²) in [7, 11) is 0. The quantitative estimate of drug-likeness (QED) is 0.918. The second-order valence-corrected chi connectivity index (χ2v) is 5.35. The molecule has 1 fully saturated rings. The molecule has 0 aromatic heterocycles. The summed E-state index contributed by atoms with van der Waals surface area (Å²) in [5, 5.41) is 3.30. The van der Waals surface area contributed by atoms with E-state index in [2.05, 4.69) is 5.32 Å². The lowest BCUT2D eigenvalue weighted by atomic mass is 10.0. The van der Waals surface area contributed by atoms with Crippen molar-refractivity contribution >= 4 is 5.91 Å². The molecule has 4 heteroatoms. The van der Waals surface area contributed by atoms with Gasteiger partial charge in [0, 0.05) is 6.54 Å². The highest BCUT2D eigenvalue weighted by molar-refractivity contribution is 5.82. The highest BCUT2D eigenvalue weighted by Crippen LogP contribution is 2.22. The van der Waals surface area contributed by atoms with Crippen molar-refractivity contribution < 1.29 is 9.18 Å². The van der Waals surface area contributed by atoms with Gasteiger partial charge in [0.25, 0.3) is 0 Å². The van der Waals surface area contributed by atoms with E-state index in [0.717, 1.165) is 31.4 Å². The molecular weight excluding hydrogens is 255 g/mol. The van der Waals surface area contributed by atoms with Crippen LogP contribution in [0.5, 0.6) is 0 Å². The molecule has 0 radical (unpaired) electrons. The van der Waals surface area contributed by atoms with E-state index in [1.54, 1.807) is 12.1 Å². The number of piperidine rings is 1. The Morgan fingerprint density at radius 2 is 2.10 bits per heavy atom. The van der Waals surface area contributed by atoms with Crippen LogP contribution >= 0.6 is 0 Å². The van der Waals surface area contributed by atoms with Gasteiger partial charge in [0.05, 0.1) is 12.1 Å². The molecule has 1 amide bonds. The number of nitrogens with one attached hydrogen (secondary N) is 1. The summed E-state index contributed by atoms with van der Waals surface area (Å²) < 4.78 is 13.0. The van der Waals surface area contributed by atoms with Crippen LogP contribution < -0.4 is 5.32 Å². The molecule has 0 bridgehead atoms. The number of nitrogens with zero attached hydrogens (tertiary/aromatic N) is 1. The molecule has 2 atom stereocenters. The molecule has 0 spiro atoms. The van der Waals surface area contributed by atoms with Crippen molar-refractivity contribution in [1.82, 2.24) is 10.2 Å². The normalized spacial score (nSPS) is 20.4. The SMILES string of the molecule is CCN(C(=O)[C@@H]1CCCCN1)C(C)c1ccc(F)cc1. The average molecular weight is 278 g/mol. The van der Waals surface area contributed by atoms with E-state index in [0.29, 0.717) is 6.54 Å². The summed E-state index contributed by atoms with van der Waals surface area (Å²) in [6.45, 7) is 5.56. The van der Waals surface area contributed by atoms with Gasteiger partial charge < -0.3 is 10.2 Å². The number of likely N-dealkylation sites (N-methyl/N-ethyl adjacent to an activating group) is 1. The van der Waals surface area contributed by atoms with Crippen molar-refractivity contribution in [2.45, 2.75) is 45.2 Å². The van der Waals surface area contributed by atoms with Gasteiger partial charge in [0.2, 0.25) is 5.91 Å². The number of amides is 1. The molecule has 0 aliphatic carbocycles. The van der Waals surface area contributed by atoms with Crippen LogP contribution in [0.1, 0.15) is 44.7 Å². The van der Waals surface area contributed by atoms with E-state index in [1.165, 1.54) is 12.1 Å². The fourth-order valence-electron chi connectivity index (χ4n) is 2.80. The number of hydrogen-bond acceptors (Lipinski definition) is 2. The molecule has 1 aromatic rings. The largest absolute Gasteiger partial charge is 0.335 e. The predicted molar refractivity (Wildman–Crippen MR) is 77.8 cm³/mol. The van der Waals surface area contributed by atoms with Gasteiger partial charge in [-0.15, -0.1) is 0 Å². The number of halogens is 1. The van der Waals surface area contributed by atoms with E-state index in [-0.39, 0.29) is 23.8 Å². The first kappa shape index (κ1) is 15.0. The molecule has 2 rings (SSSR count). The van der Waals surface area contributed by atoms with Crippen molar-refractivity contribution in [2.24, 2.45) is 0 Å². The van der Waals surface area contributed by atoms with Crippen molar-refractivity contribution in [3.63, 3.8) is 0 Å². The van der Waals surface area contributed by atoms with Crippen LogP contribution in [-0.4, -0.2) is 29.9 Å². The molecule has 3 nitrogen and oxygen atoms in total. The molecule has 20 heavy (non-hydrogen) atoms. The summed E-state index contributed by atoms with van der Waals surface area (Å²) in [4.78, 5) is 14.5. The van der Waals surface area contributed by atoms with E-state index in [9.17, 15) is 9.18 Å². The maximum absolute atomic E-state index is 13.0. The Morgan fingerprint density at radius 3 is 2.65 bits per heavy atom. The summed E-state index contributed by atoms with van der Waals surface area (Å²) in [5.74, 6) is -0.0895. The second-order valence-electron chi connectivity index (χ2n) is 5.35. The first-order chi connectivity index (χ1) is 9.63. The third kappa shape index (κ3) is 3.37. The van der Waals surface area contributed by atoms with Gasteiger partial charge in [-0.2, -0.15) is 0 Å². The third-order valence-corrected chi connectivity index (χ3v) is 4.05. The predicted octanol–water partition coefficient (Wildman–Crippen LogP) is 2.88. The van der Waals surface area contributed by atoms with Gasteiger partial charge in [-0.05, 0) is 50.9 Å². The molecule has 0 saturated carbocycles. The molecular formula is C16H23FN2O. The molecule has 1 N–H and O–H groups in total. The molecule has 1 aliphatic heterocycles. The van der Waals surface area contributed by atoms with Crippen LogP contribution in [0, 0.1) is 5.82 Å². The number of hydrogen-bond donors (Lipinski definition) is 1. The Hall–Kier alpha value is -1.42. The Bertz CT molecular complexity index is 440. The Balaban J connectivity index is 2.09. The zero-order valence-corrected chi connectivity index (χ0v) is 12.2. The average Bonchev–Trinajstić information content (AvgIpc) is 2.49. The monoisotopic (exact) mass is 278 g/mol. The Morgan fingerprint density at radius 1 is 1.40 bits per heavy atom. The van der Waals surface area contributed by atoms with Gasteiger partial charge in [-0.3, -0.25) is 4.79 Å². The van der Waals surface area contributed by atoms with Crippen molar-refractivity contribution in [2.75, 3.05) is 13.1 Å². The topological polar surface area (TPSA) is 32.3 Å². The van der Waals surface area contributed by atoms with Gasteiger partial charge in [-0.25, -0.2) is 4.39 Å². The standard InChI is InChI=1S/C16H23FN2O/c1-3-19(16(20)15-6-4-5-11-18-15)12(2)13-7-9-14(17)10-8-13/h7-10,12,15,18H,3-6,11H2,1-2H3/t12?,15-/m0/s1. The summed E-state index contributed by atoms with van der Waals surface area (Å²) in [6, 6.07) is 6.31. The van der Waals surface area contributed by atoms with Crippen LogP contribution in [0.2, 0.25) is 0 Å². The highest BCUT2D eigenvalue weighted by Gasteiger charge is 2.28. The van der Waals surface area contributed by atoms with Crippen LogP contribution in [0.4, 0.5) is 4.39 Å². The molecule has 110 valence electrons. The van der Waals surface area contributed by atoms with Crippen molar-refractivity contribution in [3.8, 4) is 0 Å². The number of benzene rings is 1. The van der Waals surface area contributed by atoms with Gasteiger partial charge in [0.1, 0.15) is 5.82 Å². The lowest BCUT2D eigenvalue weighted by Gasteiger charge is -2.33. The molecule has 1 unspecified atom stereocenters. The second kappa shape index (κ2) is 6.84. The minimum Gasteiger partial charge on any atom is -0.335 e. The number of carbonyl (C=O) groups excluding carboxylic acids is 1. The van der Waals surface area contributed by atoms with Crippen LogP contribution in [0.3, 0.4) is 0 Å². The number of carbonyl (C=O) groups is 1. The third-order valence-electron chi connectivity index (χ3n) is 4.05. The van der Waals surface area contributed by atoms with E-state index < -0.39 is 0 Å². The number of rotatable bonds is 4. The first-order valence-corrected chi connectivity index (χ1v) is 7.42. The van der Waals surface area contributed by atoms with Gasteiger partial charge in [-0.1, -0.05) is 18.6 Å². The van der Waals surface area contributed by atoms with Crippen LogP contribution in [-0.2, 0) is 4.79 Å².